The van der Waals surface area contributed by atoms with Gasteiger partial charge in [0.1, 0.15) is 11.7 Å². The van der Waals surface area contributed by atoms with E-state index in [0.29, 0.717) is 9.50 Å². The van der Waals surface area contributed by atoms with Gasteiger partial charge in [-0.25, -0.2) is 4.39 Å². The largest absolute Gasteiger partial charge is 0.292 e. The van der Waals surface area contributed by atoms with Crippen molar-refractivity contribution in [1.29, 1.82) is 5.26 Å². The SMILES string of the molecule is N#CC(C(=O)c1ccc(Cl)c(Br)c1)c1c(F)cccc1Cl. The van der Waals surface area contributed by atoms with E-state index in [9.17, 15) is 14.4 Å². The molecule has 2 aromatic carbocycles. The van der Waals surface area contributed by atoms with Crippen LogP contribution in [-0.2, 0) is 0 Å². The molecule has 0 aliphatic carbocycles. The van der Waals surface area contributed by atoms with Crippen molar-refractivity contribution in [2.75, 3.05) is 0 Å². The topological polar surface area (TPSA) is 40.9 Å². The number of ketones is 1. The van der Waals surface area contributed by atoms with Crippen molar-refractivity contribution < 1.29 is 9.18 Å². The molecule has 6 heteroatoms. The number of nitriles is 1. The van der Waals surface area contributed by atoms with Gasteiger partial charge in [-0.1, -0.05) is 29.3 Å². The number of halogens is 4. The van der Waals surface area contributed by atoms with E-state index in [1.807, 2.05) is 6.07 Å². The molecule has 106 valence electrons. The monoisotopic (exact) mass is 385 g/mol. The van der Waals surface area contributed by atoms with Crippen molar-refractivity contribution in [1.82, 2.24) is 0 Å². The van der Waals surface area contributed by atoms with Crippen LogP contribution >= 0.6 is 39.1 Å². The molecule has 0 amide bonds. The highest BCUT2D eigenvalue weighted by Crippen LogP contribution is 2.31. The van der Waals surface area contributed by atoms with Gasteiger partial charge in [-0.15, -0.1) is 0 Å². The summed E-state index contributed by atoms with van der Waals surface area (Å²) in [7, 11) is 0. The van der Waals surface area contributed by atoms with Crippen LogP contribution in [-0.4, -0.2) is 5.78 Å². The zero-order chi connectivity index (χ0) is 15.6. The van der Waals surface area contributed by atoms with Crippen molar-refractivity contribution in [2.45, 2.75) is 5.92 Å². The van der Waals surface area contributed by atoms with Crippen molar-refractivity contribution >= 4 is 44.9 Å². The molecule has 0 aliphatic heterocycles. The van der Waals surface area contributed by atoms with Crippen LogP contribution in [0.15, 0.2) is 40.9 Å². The van der Waals surface area contributed by atoms with Crippen LogP contribution in [0, 0.1) is 17.1 Å². The zero-order valence-electron chi connectivity index (χ0n) is 10.4. The second-order valence-corrected chi connectivity index (χ2v) is 5.86. The lowest BCUT2D eigenvalue weighted by Gasteiger charge is -2.12. The van der Waals surface area contributed by atoms with Gasteiger partial charge in [0.05, 0.1) is 11.1 Å². The molecule has 21 heavy (non-hydrogen) atoms. The molecule has 0 saturated heterocycles. The van der Waals surface area contributed by atoms with Gasteiger partial charge in [-0.05, 0) is 46.3 Å². The van der Waals surface area contributed by atoms with E-state index in [1.165, 1.54) is 30.3 Å². The highest BCUT2D eigenvalue weighted by atomic mass is 79.9. The molecule has 0 heterocycles. The molecule has 0 saturated carbocycles. The van der Waals surface area contributed by atoms with Gasteiger partial charge in [0, 0.05) is 20.6 Å². The van der Waals surface area contributed by atoms with Crippen LogP contribution < -0.4 is 0 Å². The molecule has 0 aliphatic rings. The second-order valence-electron chi connectivity index (χ2n) is 4.19. The van der Waals surface area contributed by atoms with Crippen LogP contribution in [0.25, 0.3) is 0 Å². The average molecular weight is 387 g/mol. The number of hydrogen-bond acceptors (Lipinski definition) is 2. The Morgan fingerprint density at radius 3 is 2.52 bits per heavy atom. The number of rotatable bonds is 3. The van der Waals surface area contributed by atoms with E-state index in [0.717, 1.165) is 6.07 Å². The summed E-state index contributed by atoms with van der Waals surface area (Å²) in [5.41, 5.74) is 0.134. The van der Waals surface area contributed by atoms with Crippen LogP contribution in [0.1, 0.15) is 21.8 Å². The predicted octanol–water partition coefficient (Wildman–Crippen LogP) is 5.39. The van der Waals surface area contributed by atoms with Gasteiger partial charge >= 0.3 is 0 Å². The van der Waals surface area contributed by atoms with E-state index in [-0.39, 0.29) is 16.1 Å². The maximum atomic E-state index is 13.9. The minimum absolute atomic E-state index is 0.0444. The van der Waals surface area contributed by atoms with Crippen molar-refractivity contribution in [2.24, 2.45) is 0 Å². The molecule has 0 aromatic heterocycles. The minimum Gasteiger partial charge on any atom is -0.292 e. The number of hydrogen-bond donors (Lipinski definition) is 0. The van der Waals surface area contributed by atoms with Gasteiger partial charge in [0.2, 0.25) is 0 Å². The Kier molecular flexibility index (Phi) is 5.00. The molecule has 0 radical (unpaired) electrons. The summed E-state index contributed by atoms with van der Waals surface area (Å²) in [5.74, 6) is -2.54. The number of benzene rings is 2. The Morgan fingerprint density at radius 2 is 1.95 bits per heavy atom. The van der Waals surface area contributed by atoms with E-state index < -0.39 is 17.5 Å². The summed E-state index contributed by atoms with van der Waals surface area (Å²) in [6.07, 6.45) is 0. The molecule has 2 aromatic rings. The molecular formula is C15H7BrCl2FNO. The molecule has 2 rings (SSSR count). The first-order valence-electron chi connectivity index (χ1n) is 5.78. The van der Waals surface area contributed by atoms with Gasteiger partial charge in [0.25, 0.3) is 0 Å². The molecule has 0 bridgehead atoms. The molecule has 2 nitrogen and oxygen atoms in total. The number of Topliss-reactive ketones (excluding diaryl/α,β-unsaturated/α-hetero) is 1. The Morgan fingerprint density at radius 1 is 1.24 bits per heavy atom. The molecule has 0 fully saturated rings. The van der Waals surface area contributed by atoms with E-state index >= 15 is 0 Å². The van der Waals surface area contributed by atoms with Crippen LogP contribution in [0.2, 0.25) is 10.0 Å². The molecule has 0 spiro atoms. The Labute approximate surface area is 139 Å². The first-order chi connectivity index (χ1) is 9.95. The fraction of sp³-hybridized carbons (Fsp3) is 0.0667. The lowest BCUT2D eigenvalue weighted by Crippen LogP contribution is -2.13. The van der Waals surface area contributed by atoms with E-state index in [1.54, 1.807) is 0 Å². The van der Waals surface area contributed by atoms with E-state index in [4.69, 9.17) is 23.2 Å². The Bertz CT molecular complexity index is 738. The van der Waals surface area contributed by atoms with Gasteiger partial charge in [0.15, 0.2) is 5.78 Å². The maximum Gasteiger partial charge on any atom is 0.184 e. The Hall–Kier alpha value is -1.41. The first kappa shape index (κ1) is 16.0. The summed E-state index contributed by atoms with van der Waals surface area (Å²) in [5, 5.41) is 9.73. The summed E-state index contributed by atoms with van der Waals surface area (Å²) in [4.78, 5) is 12.4. The highest BCUT2D eigenvalue weighted by molar-refractivity contribution is 9.10. The number of carbonyl (C=O) groups excluding carboxylic acids is 1. The van der Waals surface area contributed by atoms with E-state index in [2.05, 4.69) is 15.9 Å². The van der Waals surface area contributed by atoms with Crippen molar-refractivity contribution in [3.8, 4) is 6.07 Å². The fourth-order valence-electron chi connectivity index (χ4n) is 1.86. The van der Waals surface area contributed by atoms with Crippen molar-refractivity contribution in [3.05, 3.63) is 67.9 Å². The lowest BCUT2D eigenvalue weighted by molar-refractivity contribution is 0.0977. The third kappa shape index (κ3) is 3.26. The van der Waals surface area contributed by atoms with Crippen molar-refractivity contribution in [3.63, 3.8) is 0 Å². The van der Waals surface area contributed by atoms with Crippen LogP contribution in [0.5, 0.6) is 0 Å². The molecular weight excluding hydrogens is 380 g/mol. The van der Waals surface area contributed by atoms with Gasteiger partial charge in [-0.3, -0.25) is 4.79 Å². The maximum absolute atomic E-state index is 13.9. The quantitative estimate of drug-likeness (QED) is 0.664. The number of nitrogens with zero attached hydrogens (tertiary/aromatic N) is 1. The molecule has 1 atom stereocenters. The van der Waals surface area contributed by atoms with Crippen LogP contribution in [0.3, 0.4) is 0 Å². The van der Waals surface area contributed by atoms with Gasteiger partial charge in [-0.2, -0.15) is 5.26 Å². The smallest absolute Gasteiger partial charge is 0.184 e. The predicted molar refractivity (Wildman–Crippen MR) is 83.2 cm³/mol. The zero-order valence-corrected chi connectivity index (χ0v) is 13.5. The average Bonchev–Trinajstić information content (AvgIpc) is 2.45. The first-order valence-corrected chi connectivity index (χ1v) is 7.33. The Balaban J connectivity index is 2.49. The molecule has 0 N–H and O–H groups in total. The summed E-state index contributed by atoms with van der Waals surface area (Å²) in [6, 6.07) is 10.3. The number of carbonyl (C=O) groups is 1. The molecule has 1 unspecified atom stereocenters. The fourth-order valence-corrected chi connectivity index (χ4v) is 2.63. The second kappa shape index (κ2) is 6.57. The third-order valence-electron chi connectivity index (χ3n) is 2.88. The minimum atomic E-state index is -1.31. The standard InChI is InChI=1S/C15H7BrCl2FNO/c16-10-6-8(4-5-11(10)17)15(21)9(7-20)14-12(18)2-1-3-13(14)19/h1-6,9H. The third-order valence-corrected chi connectivity index (χ3v) is 4.43. The normalized spacial score (nSPS) is 11.8. The summed E-state index contributed by atoms with van der Waals surface area (Å²) < 4.78 is 14.4. The summed E-state index contributed by atoms with van der Waals surface area (Å²) >= 11 is 15.0. The van der Waals surface area contributed by atoms with Gasteiger partial charge < -0.3 is 0 Å². The lowest BCUT2D eigenvalue weighted by atomic mass is 9.91. The summed E-state index contributed by atoms with van der Waals surface area (Å²) in [6.45, 7) is 0. The van der Waals surface area contributed by atoms with Crippen LogP contribution in [0.4, 0.5) is 4.39 Å². The highest BCUT2D eigenvalue weighted by Gasteiger charge is 2.27.